The first kappa shape index (κ1) is 17.1. The number of imidazole rings is 1. The van der Waals surface area contributed by atoms with Gasteiger partial charge in [-0.2, -0.15) is 0 Å². The van der Waals surface area contributed by atoms with Crippen LogP contribution < -0.4 is 11.2 Å². The summed E-state index contributed by atoms with van der Waals surface area (Å²) in [5.41, 5.74) is -0.318. The minimum atomic E-state index is -0.842. The molecule has 0 aliphatic heterocycles. The molecule has 0 amide bonds. The molecule has 8 heteroatoms. The van der Waals surface area contributed by atoms with Crippen molar-refractivity contribution in [1.82, 2.24) is 18.7 Å². The smallest absolute Gasteiger partial charge is 0.332 e. The normalized spacial score (nSPS) is 12.7. The topological polar surface area (TPSA) is 99.1 Å². The summed E-state index contributed by atoms with van der Waals surface area (Å²) in [4.78, 5) is 40.2. The molecule has 0 bridgehead atoms. The van der Waals surface area contributed by atoms with E-state index >= 15 is 0 Å². The van der Waals surface area contributed by atoms with E-state index in [0.29, 0.717) is 25.1 Å². The molecule has 0 aliphatic carbocycles. The zero-order chi connectivity index (χ0) is 17.3. The van der Waals surface area contributed by atoms with Gasteiger partial charge in [0.1, 0.15) is 17.7 Å². The molecular formula is C15H22N4O4. The van der Waals surface area contributed by atoms with Crippen LogP contribution in [0.3, 0.4) is 0 Å². The van der Waals surface area contributed by atoms with Crippen LogP contribution >= 0.6 is 0 Å². The molecule has 0 fully saturated rings. The Morgan fingerprint density at radius 3 is 2.43 bits per heavy atom. The molecule has 2 rings (SSSR count). The van der Waals surface area contributed by atoms with Gasteiger partial charge in [-0.15, -0.1) is 0 Å². The molecule has 8 nitrogen and oxygen atoms in total. The van der Waals surface area contributed by atoms with Gasteiger partial charge in [0.2, 0.25) is 0 Å². The van der Waals surface area contributed by atoms with Crippen LogP contribution in [0.15, 0.2) is 9.59 Å². The predicted molar refractivity (Wildman–Crippen MR) is 85.4 cm³/mol. The second kappa shape index (κ2) is 6.49. The molecule has 1 N–H and O–H groups in total. The molecule has 23 heavy (non-hydrogen) atoms. The maximum atomic E-state index is 12.6. The number of rotatable bonds is 6. The number of Topliss-reactive ketones (excluding diaryl/α,β-unsaturated/α-hetero) is 1. The Kier molecular flexibility index (Phi) is 4.84. The molecule has 0 aromatic carbocycles. The monoisotopic (exact) mass is 322 g/mol. The molecule has 1 unspecified atom stereocenters. The fraction of sp³-hybridized carbons (Fsp3) is 0.600. The Labute approximate surface area is 133 Å². The molecule has 2 aromatic rings. The second-order valence-electron chi connectivity index (χ2n) is 5.83. The van der Waals surface area contributed by atoms with E-state index in [0.717, 1.165) is 4.57 Å². The van der Waals surface area contributed by atoms with E-state index in [1.165, 1.54) is 16.1 Å². The van der Waals surface area contributed by atoms with Crippen molar-refractivity contribution in [3.63, 3.8) is 0 Å². The third-order valence-corrected chi connectivity index (χ3v) is 3.93. The summed E-state index contributed by atoms with van der Waals surface area (Å²) in [5.74, 6) is 0.426. The summed E-state index contributed by atoms with van der Waals surface area (Å²) in [6.07, 6.45) is 0.801. The lowest BCUT2D eigenvalue weighted by molar-refractivity contribution is -0.117. The van der Waals surface area contributed by atoms with Gasteiger partial charge < -0.3 is 14.5 Å². The summed E-state index contributed by atoms with van der Waals surface area (Å²) < 4.78 is 4.00. The van der Waals surface area contributed by atoms with E-state index in [1.807, 2.05) is 0 Å². The molecule has 1 atom stereocenters. The zero-order valence-corrected chi connectivity index (χ0v) is 13.9. The Morgan fingerprint density at radius 1 is 1.22 bits per heavy atom. The minimum absolute atomic E-state index is 0.0916. The molecule has 2 aromatic heterocycles. The van der Waals surface area contributed by atoms with Crippen LogP contribution in [0.5, 0.6) is 0 Å². The highest BCUT2D eigenvalue weighted by molar-refractivity contribution is 5.75. The largest absolute Gasteiger partial charge is 0.385 e. The fourth-order valence-electron chi connectivity index (χ4n) is 2.68. The van der Waals surface area contributed by atoms with Crippen LogP contribution in [0, 0.1) is 0 Å². The van der Waals surface area contributed by atoms with Crippen molar-refractivity contribution in [2.45, 2.75) is 45.8 Å². The number of carbonyl (C=O) groups is 1. The summed E-state index contributed by atoms with van der Waals surface area (Å²) in [6, 6.07) is 0. The molecule has 126 valence electrons. The molecule has 2 heterocycles. The molecule has 0 radical (unpaired) electrons. The first-order chi connectivity index (χ1) is 10.8. The number of carbonyl (C=O) groups excluding carboxylic acids is 1. The van der Waals surface area contributed by atoms with Gasteiger partial charge in [-0.1, -0.05) is 0 Å². The number of hydrogen-bond acceptors (Lipinski definition) is 5. The number of ketones is 1. The van der Waals surface area contributed by atoms with Crippen molar-refractivity contribution in [2.24, 2.45) is 14.1 Å². The van der Waals surface area contributed by atoms with Crippen molar-refractivity contribution >= 4 is 16.9 Å². The van der Waals surface area contributed by atoms with Gasteiger partial charge in [0.15, 0.2) is 11.2 Å². The Balaban J connectivity index is 2.50. The zero-order valence-electron chi connectivity index (χ0n) is 13.9. The average molecular weight is 322 g/mol. The number of nitrogens with zero attached hydrogens (tertiary/aromatic N) is 4. The first-order valence-electron chi connectivity index (χ1n) is 7.59. The quantitative estimate of drug-likeness (QED) is 0.768. The second-order valence-corrected chi connectivity index (χ2v) is 5.83. The highest BCUT2D eigenvalue weighted by Crippen LogP contribution is 2.15. The number of unbranched alkanes of at least 4 members (excludes halogenated alkanes) is 1. The number of fused-ring (bicyclic) bond motifs is 1. The third kappa shape index (κ3) is 3.12. The lowest BCUT2D eigenvalue weighted by atomic mass is 10.2. The molecular weight excluding hydrogens is 300 g/mol. The van der Waals surface area contributed by atoms with E-state index in [-0.39, 0.29) is 23.5 Å². The number of hydrogen-bond donors (Lipinski definition) is 1. The molecule has 0 saturated carbocycles. The summed E-state index contributed by atoms with van der Waals surface area (Å²) in [6.45, 7) is 3.33. The average Bonchev–Trinajstić information content (AvgIpc) is 2.82. The van der Waals surface area contributed by atoms with E-state index in [4.69, 9.17) is 0 Å². The van der Waals surface area contributed by atoms with Gasteiger partial charge in [0.25, 0.3) is 5.56 Å². The van der Waals surface area contributed by atoms with Crippen LogP contribution in [-0.2, 0) is 25.4 Å². The predicted octanol–water partition coefficient (Wildman–Crippen LogP) is 0.246. The maximum Gasteiger partial charge on any atom is 0.332 e. The highest BCUT2D eigenvalue weighted by atomic mass is 16.3. The van der Waals surface area contributed by atoms with Gasteiger partial charge in [-0.3, -0.25) is 13.9 Å². The van der Waals surface area contributed by atoms with E-state index in [9.17, 15) is 19.5 Å². The van der Waals surface area contributed by atoms with Gasteiger partial charge in [0.05, 0.1) is 0 Å². The summed E-state index contributed by atoms with van der Waals surface area (Å²) in [7, 11) is 3.19. The Morgan fingerprint density at radius 2 is 1.87 bits per heavy atom. The lowest BCUT2D eigenvalue weighted by Crippen LogP contribution is -2.39. The maximum absolute atomic E-state index is 12.6. The standard InChI is InChI=1S/C15H22N4O4/c1-9(20)7-5-6-8-19-14(22)11-13(18(4)15(19)23)16-12(10(2)21)17(11)3/h10,21H,5-8H2,1-4H3. The van der Waals surface area contributed by atoms with E-state index in [2.05, 4.69) is 4.98 Å². The Bertz CT molecular complexity index is 857. The van der Waals surface area contributed by atoms with Crippen molar-refractivity contribution in [3.05, 3.63) is 26.7 Å². The third-order valence-electron chi connectivity index (χ3n) is 3.93. The minimum Gasteiger partial charge on any atom is -0.385 e. The van der Waals surface area contributed by atoms with Gasteiger partial charge in [-0.25, -0.2) is 9.78 Å². The molecule has 0 aliphatic rings. The van der Waals surface area contributed by atoms with Crippen LogP contribution in [0.1, 0.15) is 45.0 Å². The van der Waals surface area contributed by atoms with Gasteiger partial charge in [0, 0.05) is 27.1 Å². The van der Waals surface area contributed by atoms with Crippen molar-refractivity contribution in [2.75, 3.05) is 0 Å². The number of aliphatic hydroxyl groups is 1. The summed E-state index contributed by atoms with van der Waals surface area (Å²) >= 11 is 0. The SMILES string of the molecule is CC(=O)CCCCn1c(=O)c2c(nc(C(C)O)n2C)n(C)c1=O. The first-order valence-corrected chi connectivity index (χ1v) is 7.59. The van der Waals surface area contributed by atoms with Crippen molar-refractivity contribution in [3.8, 4) is 0 Å². The number of aliphatic hydroxyl groups excluding tert-OH is 1. The molecule has 0 saturated heterocycles. The van der Waals surface area contributed by atoms with Crippen LogP contribution in [0.2, 0.25) is 0 Å². The van der Waals surface area contributed by atoms with Crippen molar-refractivity contribution < 1.29 is 9.90 Å². The van der Waals surface area contributed by atoms with Crippen LogP contribution in [0.25, 0.3) is 11.2 Å². The lowest BCUT2D eigenvalue weighted by Gasteiger charge is -2.08. The molecule has 0 spiro atoms. The van der Waals surface area contributed by atoms with Gasteiger partial charge in [-0.05, 0) is 26.7 Å². The number of aromatic nitrogens is 4. The fourth-order valence-corrected chi connectivity index (χ4v) is 2.68. The number of aryl methyl sites for hydroxylation is 2. The Hall–Kier alpha value is -2.22. The van der Waals surface area contributed by atoms with E-state index in [1.54, 1.807) is 21.0 Å². The summed E-state index contributed by atoms with van der Waals surface area (Å²) in [5, 5.41) is 9.74. The van der Waals surface area contributed by atoms with E-state index < -0.39 is 17.4 Å². The van der Waals surface area contributed by atoms with Gasteiger partial charge >= 0.3 is 5.69 Å². The van der Waals surface area contributed by atoms with Crippen LogP contribution in [0.4, 0.5) is 0 Å². The highest BCUT2D eigenvalue weighted by Gasteiger charge is 2.20. The van der Waals surface area contributed by atoms with Crippen molar-refractivity contribution in [1.29, 1.82) is 0 Å². The van der Waals surface area contributed by atoms with Crippen LogP contribution in [-0.4, -0.2) is 29.6 Å².